The number of nitrogens with one attached hydrogen (secondary N) is 1. The fourth-order valence-electron chi connectivity index (χ4n) is 2.25. The summed E-state index contributed by atoms with van der Waals surface area (Å²) in [6.07, 6.45) is 3.96. The van der Waals surface area contributed by atoms with Gasteiger partial charge in [-0.05, 0) is 66.1 Å². The van der Waals surface area contributed by atoms with E-state index < -0.39 is 0 Å². The summed E-state index contributed by atoms with van der Waals surface area (Å²) in [4.78, 5) is 4.98. The van der Waals surface area contributed by atoms with E-state index in [2.05, 4.69) is 36.1 Å². The van der Waals surface area contributed by atoms with Crippen molar-refractivity contribution >= 4 is 0 Å². The molecule has 0 aromatic carbocycles. The molecule has 1 N–H and O–H groups in total. The lowest BCUT2D eigenvalue weighted by molar-refractivity contribution is 0.143. The zero-order valence-corrected chi connectivity index (χ0v) is 10.6. The van der Waals surface area contributed by atoms with E-state index in [0.717, 1.165) is 19.1 Å². The molecule has 15 heavy (non-hydrogen) atoms. The van der Waals surface area contributed by atoms with Crippen LogP contribution in [-0.4, -0.2) is 62.7 Å². The van der Waals surface area contributed by atoms with Crippen LogP contribution in [-0.2, 0) is 0 Å². The molecule has 0 saturated carbocycles. The first-order valence-corrected chi connectivity index (χ1v) is 6.33. The fourth-order valence-corrected chi connectivity index (χ4v) is 2.25. The van der Waals surface area contributed by atoms with Crippen molar-refractivity contribution in [3.63, 3.8) is 0 Å². The molecule has 0 unspecified atom stereocenters. The SMILES string of the molecule is CCNCCCN(C)C1CCN(C)CC1. The van der Waals surface area contributed by atoms with E-state index in [9.17, 15) is 0 Å². The predicted octanol–water partition coefficient (Wildman–Crippen LogP) is 1.01. The Morgan fingerprint density at radius 2 is 2.00 bits per heavy atom. The summed E-state index contributed by atoms with van der Waals surface area (Å²) in [5.74, 6) is 0. The van der Waals surface area contributed by atoms with Gasteiger partial charge in [-0.2, -0.15) is 0 Å². The van der Waals surface area contributed by atoms with E-state index >= 15 is 0 Å². The maximum absolute atomic E-state index is 3.38. The van der Waals surface area contributed by atoms with Crippen LogP contribution in [0.3, 0.4) is 0 Å². The highest BCUT2D eigenvalue weighted by molar-refractivity contribution is 4.76. The lowest BCUT2D eigenvalue weighted by Crippen LogP contribution is -2.42. The Hall–Kier alpha value is -0.120. The van der Waals surface area contributed by atoms with Gasteiger partial charge in [0.25, 0.3) is 0 Å². The van der Waals surface area contributed by atoms with Crippen LogP contribution >= 0.6 is 0 Å². The highest BCUT2D eigenvalue weighted by Gasteiger charge is 2.19. The third kappa shape index (κ3) is 4.96. The lowest BCUT2D eigenvalue weighted by Gasteiger charge is -2.35. The van der Waals surface area contributed by atoms with Crippen molar-refractivity contribution in [3.8, 4) is 0 Å². The van der Waals surface area contributed by atoms with Gasteiger partial charge < -0.3 is 15.1 Å². The Morgan fingerprint density at radius 3 is 2.60 bits per heavy atom. The van der Waals surface area contributed by atoms with Crippen LogP contribution in [0.5, 0.6) is 0 Å². The maximum atomic E-state index is 3.38. The molecule has 3 nitrogen and oxygen atoms in total. The van der Waals surface area contributed by atoms with Gasteiger partial charge in [-0.25, -0.2) is 0 Å². The molecule has 0 radical (unpaired) electrons. The molecule has 1 rings (SSSR count). The molecule has 0 aliphatic carbocycles. The van der Waals surface area contributed by atoms with E-state index in [-0.39, 0.29) is 0 Å². The first kappa shape index (κ1) is 12.9. The number of hydrogen-bond acceptors (Lipinski definition) is 3. The minimum atomic E-state index is 0.822. The highest BCUT2D eigenvalue weighted by Crippen LogP contribution is 2.13. The highest BCUT2D eigenvalue weighted by atomic mass is 15.2. The van der Waals surface area contributed by atoms with Crippen molar-refractivity contribution in [2.45, 2.75) is 32.2 Å². The van der Waals surface area contributed by atoms with Gasteiger partial charge in [0, 0.05) is 6.04 Å². The minimum Gasteiger partial charge on any atom is -0.317 e. The van der Waals surface area contributed by atoms with Crippen molar-refractivity contribution < 1.29 is 0 Å². The van der Waals surface area contributed by atoms with Crippen LogP contribution in [0.4, 0.5) is 0 Å². The summed E-state index contributed by atoms with van der Waals surface area (Å²) in [5.41, 5.74) is 0. The van der Waals surface area contributed by atoms with Crippen molar-refractivity contribution in [2.24, 2.45) is 0 Å². The number of rotatable bonds is 6. The molecule has 0 atom stereocenters. The number of hydrogen-bond donors (Lipinski definition) is 1. The van der Waals surface area contributed by atoms with Gasteiger partial charge in [0.05, 0.1) is 0 Å². The molecule has 90 valence electrons. The lowest BCUT2D eigenvalue weighted by atomic mass is 10.0. The Morgan fingerprint density at radius 1 is 1.33 bits per heavy atom. The van der Waals surface area contributed by atoms with Crippen LogP contribution in [0, 0.1) is 0 Å². The van der Waals surface area contributed by atoms with E-state index in [1.54, 1.807) is 0 Å². The van der Waals surface area contributed by atoms with Gasteiger partial charge in [-0.1, -0.05) is 6.92 Å². The van der Waals surface area contributed by atoms with Crippen molar-refractivity contribution in [1.29, 1.82) is 0 Å². The van der Waals surface area contributed by atoms with Gasteiger partial charge in [0.1, 0.15) is 0 Å². The molecule has 1 fully saturated rings. The second kappa shape index (κ2) is 7.20. The topological polar surface area (TPSA) is 18.5 Å². The predicted molar refractivity (Wildman–Crippen MR) is 66.3 cm³/mol. The smallest absolute Gasteiger partial charge is 0.0117 e. The molecule has 0 aromatic rings. The summed E-state index contributed by atoms with van der Waals surface area (Å²) in [7, 11) is 4.50. The molecule has 0 aromatic heterocycles. The van der Waals surface area contributed by atoms with Crippen LogP contribution in [0.15, 0.2) is 0 Å². The van der Waals surface area contributed by atoms with Crippen molar-refractivity contribution in [3.05, 3.63) is 0 Å². The van der Waals surface area contributed by atoms with E-state index in [4.69, 9.17) is 0 Å². The quantitative estimate of drug-likeness (QED) is 0.664. The molecule has 1 aliphatic heterocycles. The Balaban J connectivity index is 2.08. The monoisotopic (exact) mass is 213 g/mol. The Kier molecular flexibility index (Phi) is 6.22. The second-order valence-electron chi connectivity index (χ2n) is 4.72. The summed E-state index contributed by atoms with van der Waals surface area (Å²) in [6.45, 7) is 8.19. The summed E-state index contributed by atoms with van der Waals surface area (Å²) < 4.78 is 0. The Labute approximate surface area is 94.8 Å². The summed E-state index contributed by atoms with van der Waals surface area (Å²) in [5, 5.41) is 3.38. The fraction of sp³-hybridized carbons (Fsp3) is 1.00. The van der Waals surface area contributed by atoms with Crippen LogP contribution in [0.25, 0.3) is 0 Å². The molecule has 0 amide bonds. The van der Waals surface area contributed by atoms with Crippen LogP contribution < -0.4 is 5.32 Å². The number of nitrogens with zero attached hydrogens (tertiary/aromatic N) is 2. The van der Waals surface area contributed by atoms with Crippen molar-refractivity contribution in [2.75, 3.05) is 46.8 Å². The van der Waals surface area contributed by atoms with Gasteiger partial charge >= 0.3 is 0 Å². The average Bonchev–Trinajstić information content (AvgIpc) is 2.25. The molecule has 0 bridgehead atoms. The second-order valence-corrected chi connectivity index (χ2v) is 4.72. The van der Waals surface area contributed by atoms with Crippen LogP contribution in [0.2, 0.25) is 0 Å². The summed E-state index contributed by atoms with van der Waals surface area (Å²) in [6, 6.07) is 0.822. The largest absolute Gasteiger partial charge is 0.317 e. The van der Waals surface area contributed by atoms with Crippen molar-refractivity contribution in [1.82, 2.24) is 15.1 Å². The standard InChI is InChI=1S/C12H27N3/c1-4-13-8-5-9-15(3)12-6-10-14(2)11-7-12/h12-13H,4-11H2,1-3H3. The van der Waals surface area contributed by atoms with Gasteiger partial charge in [0.2, 0.25) is 0 Å². The molecule has 1 heterocycles. The van der Waals surface area contributed by atoms with E-state index in [0.29, 0.717) is 0 Å². The van der Waals surface area contributed by atoms with Gasteiger partial charge in [-0.3, -0.25) is 0 Å². The molecule has 1 saturated heterocycles. The molecule has 3 heteroatoms. The molecule has 1 aliphatic rings. The van der Waals surface area contributed by atoms with E-state index in [1.165, 1.54) is 38.9 Å². The Bertz CT molecular complexity index is 153. The van der Waals surface area contributed by atoms with E-state index in [1.807, 2.05) is 0 Å². The first-order valence-electron chi connectivity index (χ1n) is 6.33. The van der Waals surface area contributed by atoms with Gasteiger partial charge in [0.15, 0.2) is 0 Å². The zero-order valence-electron chi connectivity index (χ0n) is 10.6. The third-order valence-corrected chi connectivity index (χ3v) is 3.43. The molecular weight excluding hydrogens is 186 g/mol. The number of likely N-dealkylation sites (tertiary alicyclic amines) is 1. The number of piperidine rings is 1. The average molecular weight is 213 g/mol. The normalized spacial score (nSPS) is 20.0. The van der Waals surface area contributed by atoms with Gasteiger partial charge in [-0.15, -0.1) is 0 Å². The summed E-state index contributed by atoms with van der Waals surface area (Å²) >= 11 is 0. The van der Waals surface area contributed by atoms with Crippen LogP contribution in [0.1, 0.15) is 26.2 Å². The third-order valence-electron chi connectivity index (χ3n) is 3.43. The first-order chi connectivity index (χ1) is 7.24. The molecule has 0 spiro atoms. The molecular formula is C12H27N3. The minimum absolute atomic E-state index is 0.822. The zero-order chi connectivity index (χ0) is 11.1. The maximum Gasteiger partial charge on any atom is 0.0117 e.